The van der Waals surface area contributed by atoms with E-state index in [1.807, 2.05) is 19.9 Å². The van der Waals surface area contributed by atoms with Gasteiger partial charge in [-0.3, -0.25) is 19.1 Å². The van der Waals surface area contributed by atoms with Crippen LogP contribution in [0.1, 0.15) is 42.1 Å². The molecule has 0 radical (unpaired) electrons. The highest BCUT2D eigenvalue weighted by atomic mass is 79.9. The van der Waals surface area contributed by atoms with Crippen LogP contribution in [0.15, 0.2) is 41.3 Å². The lowest BCUT2D eigenvalue weighted by molar-refractivity contribution is -0.138. The van der Waals surface area contributed by atoms with Gasteiger partial charge >= 0.3 is 0 Å². The molecule has 0 bridgehead atoms. The summed E-state index contributed by atoms with van der Waals surface area (Å²) in [6, 6.07) is 5.47. The number of Topliss-reactive ketones (excluding diaryl/α,β-unsaturated/α-hetero) is 1. The van der Waals surface area contributed by atoms with Crippen LogP contribution in [-0.2, 0) is 16.1 Å². The number of hydrogen-bond acceptors (Lipinski definition) is 7. The average Bonchev–Trinajstić information content (AvgIpc) is 3.41. The van der Waals surface area contributed by atoms with Crippen LogP contribution in [0.5, 0.6) is 0 Å². The van der Waals surface area contributed by atoms with Gasteiger partial charge in [0, 0.05) is 30.4 Å². The first-order valence-electron chi connectivity index (χ1n) is 13.2. The molecule has 0 saturated carbocycles. The molecule has 1 N–H and O–H groups in total. The number of amides is 2. The van der Waals surface area contributed by atoms with Crippen LogP contribution in [-0.4, -0.2) is 59.3 Å². The van der Waals surface area contributed by atoms with Crippen molar-refractivity contribution in [3.8, 4) is 23.0 Å². The van der Waals surface area contributed by atoms with Gasteiger partial charge in [-0.2, -0.15) is 5.10 Å². The second kappa shape index (κ2) is 10.1. The molecule has 10 nitrogen and oxygen atoms in total. The highest BCUT2D eigenvalue weighted by Gasteiger charge is 2.56. The number of aryl methyl sites for hydroxylation is 2. The standard InChI is InChI=1S/C30H25BrFN7O3/c1-15-5-8-23(31)35-28(15)36-29(42)21-11-30(4)10-9-22(30)39(21)24(41)14-38-20-7-6-19(18-12-33-17(3)34-13-18)26(32)25(20)27(37-38)16(2)40/h5-8,12-13,21-22H,11,14H2,1-4H3,(H,35,36,42)/t21-,22+,30+/m0/s1. The van der Waals surface area contributed by atoms with Gasteiger partial charge in [0.1, 0.15) is 46.4 Å². The van der Waals surface area contributed by atoms with Crippen LogP contribution in [0.4, 0.5) is 10.2 Å². The molecule has 1 aliphatic carbocycles. The van der Waals surface area contributed by atoms with Crippen molar-refractivity contribution in [2.24, 2.45) is 5.41 Å². The van der Waals surface area contributed by atoms with Crippen molar-refractivity contribution in [3.05, 3.63) is 64.2 Å². The summed E-state index contributed by atoms with van der Waals surface area (Å²) in [4.78, 5) is 54.0. The van der Waals surface area contributed by atoms with Gasteiger partial charge in [-0.1, -0.05) is 17.9 Å². The van der Waals surface area contributed by atoms with E-state index in [1.165, 1.54) is 28.9 Å². The van der Waals surface area contributed by atoms with Crippen LogP contribution in [0, 0.1) is 36.9 Å². The largest absolute Gasteiger partial charge is 0.314 e. The van der Waals surface area contributed by atoms with Crippen LogP contribution in [0.25, 0.3) is 22.0 Å². The molecule has 1 fully saturated rings. The van der Waals surface area contributed by atoms with E-state index in [9.17, 15) is 14.4 Å². The monoisotopic (exact) mass is 629 g/mol. The number of hydrogen-bond donors (Lipinski definition) is 1. The van der Waals surface area contributed by atoms with E-state index < -0.39 is 35.0 Å². The van der Waals surface area contributed by atoms with Crippen molar-refractivity contribution in [3.63, 3.8) is 0 Å². The van der Waals surface area contributed by atoms with E-state index in [4.69, 9.17) is 0 Å². The van der Waals surface area contributed by atoms with Crippen molar-refractivity contribution in [1.29, 1.82) is 0 Å². The number of aromatic nitrogens is 5. The third-order valence-corrected chi connectivity index (χ3v) is 8.23. The van der Waals surface area contributed by atoms with E-state index in [2.05, 4.69) is 53.1 Å². The summed E-state index contributed by atoms with van der Waals surface area (Å²) in [7, 11) is 0. The number of carbonyl (C=O) groups excluding carboxylic acids is 3. The molecule has 2 amide bonds. The van der Waals surface area contributed by atoms with Crippen LogP contribution >= 0.6 is 15.9 Å². The molecule has 2 aliphatic rings. The van der Waals surface area contributed by atoms with Crippen LogP contribution < -0.4 is 5.32 Å². The Balaban J connectivity index is 1.34. The molecule has 12 heteroatoms. The van der Waals surface area contributed by atoms with Crippen LogP contribution in [0.2, 0.25) is 0 Å². The van der Waals surface area contributed by atoms with Gasteiger partial charge < -0.3 is 10.2 Å². The fourth-order valence-electron chi connectivity index (χ4n) is 5.53. The van der Waals surface area contributed by atoms with Crippen molar-refractivity contribution >= 4 is 50.2 Å². The number of benzene rings is 1. The number of ketones is 1. The third-order valence-electron chi connectivity index (χ3n) is 7.79. The molecule has 3 atom stereocenters. The fraction of sp³-hybridized carbons (Fsp3) is 0.300. The lowest BCUT2D eigenvalue weighted by Gasteiger charge is -2.34. The number of rotatable bonds is 6. The van der Waals surface area contributed by atoms with Crippen molar-refractivity contribution in [2.75, 3.05) is 5.32 Å². The van der Waals surface area contributed by atoms with Gasteiger partial charge in [0.2, 0.25) is 11.8 Å². The molecule has 212 valence electrons. The molecular weight excluding hydrogens is 605 g/mol. The highest BCUT2D eigenvalue weighted by Crippen LogP contribution is 2.45. The fourth-order valence-corrected chi connectivity index (χ4v) is 5.84. The summed E-state index contributed by atoms with van der Waals surface area (Å²) >= 11 is 3.32. The smallest absolute Gasteiger partial charge is 0.248 e. The Morgan fingerprint density at radius 1 is 1.17 bits per heavy atom. The Morgan fingerprint density at radius 3 is 2.57 bits per heavy atom. The lowest BCUT2D eigenvalue weighted by Crippen LogP contribution is -2.50. The zero-order valence-electron chi connectivity index (χ0n) is 23.2. The van der Waals surface area contributed by atoms with Gasteiger partial charge in [0.25, 0.3) is 0 Å². The zero-order valence-corrected chi connectivity index (χ0v) is 24.8. The summed E-state index contributed by atoms with van der Waals surface area (Å²) in [6.07, 6.45) is 3.37. The molecule has 0 spiro atoms. The molecule has 0 unspecified atom stereocenters. The maximum atomic E-state index is 15.9. The number of fused-ring (bicyclic) bond motifs is 2. The molecule has 4 heterocycles. The second-order valence-electron chi connectivity index (χ2n) is 10.8. The predicted molar refractivity (Wildman–Crippen MR) is 156 cm³/mol. The molecule has 1 saturated heterocycles. The number of anilines is 1. The van der Waals surface area contributed by atoms with Gasteiger partial charge in [0.05, 0.1) is 16.3 Å². The summed E-state index contributed by atoms with van der Waals surface area (Å²) < 4.78 is 17.8. The van der Waals surface area contributed by atoms with Crippen LogP contribution in [0.3, 0.4) is 0 Å². The normalized spacial score (nSPS) is 20.5. The molecule has 1 aliphatic heterocycles. The molecule has 1 aromatic carbocycles. The molecular formula is C30H25BrFN7O3. The number of nitrogens with one attached hydrogen (secondary N) is 1. The average molecular weight is 630 g/mol. The first-order chi connectivity index (χ1) is 20.0. The zero-order chi connectivity index (χ0) is 29.9. The minimum Gasteiger partial charge on any atom is -0.314 e. The Hall–Kier alpha value is -4.50. The van der Waals surface area contributed by atoms with E-state index >= 15 is 4.39 Å². The third kappa shape index (κ3) is 4.54. The van der Waals surface area contributed by atoms with E-state index in [0.29, 0.717) is 28.2 Å². The quantitative estimate of drug-likeness (QED) is 0.192. The highest BCUT2D eigenvalue weighted by molar-refractivity contribution is 9.10. The first-order valence-corrected chi connectivity index (χ1v) is 14.0. The Morgan fingerprint density at radius 2 is 1.90 bits per heavy atom. The van der Waals surface area contributed by atoms with Gasteiger partial charge in [0.15, 0.2) is 5.78 Å². The minimum absolute atomic E-state index is 0.00793. The number of carbonyl (C=O) groups is 3. The second-order valence-corrected chi connectivity index (χ2v) is 11.6. The van der Waals surface area contributed by atoms with Crippen molar-refractivity contribution in [2.45, 2.75) is 52.7 Å². The Labute approximate surface area is 248 Å². The summed E-state index contributed by atoms with van der Waals surface area (Å²) in [5, 5.41) is 7.21. The summed E-state index contributed by atoms with van der Waals surface area (Å²) in [5.74, 6) is 5.16. The number of pyridine rings is 1. The molecule has 42 heavy (non-hydrogen) atoms. The molecule has 4 aromatic rings. The lowest BCUT2D eigenvalue weighted by atomic mass is 9.76. The Kier molecular flexibility index (Phi) is 6.65. The summed E-state index contributed by atoms with van der Waals surface area (Å²) in [6.45, 7) is 6.45. The molecule has 6 rings (SSSR count). The SMILES string of the molecule is CC(=O)c1nn(CC(=O)N2[C@H](C(=O)Nc3nc(Br)ccc3C)C[C@@]3(C)C#C[C@@H]23)c2ccc(-c3cnc(C)nc3)c(F)c12. The van der Waals surface area contributed by atoms with Crippen molar-refractivity contribution < 1.29 is 18.8 Å². The van der Waals surface area contributed by atoms with Gasteiger partial charge in [-0.15, -0.1) is 0 Å². The number of nitrogens with zero attached hydrogens (tertiary/aromatic N) is 6. The number of halogens is 2. The van der Waals surface area contributed by atoms with Gasteiger partial charge in [-0.25, -0.2) is 19.3 Å². The minimum atomic E-state index is -0.825. The van der Waals surface area contributed by atoms with E-state index in [0.717, 1.165) is 5.56 Å². The number of likely N-dealkylation sites (tertiary alicyclic amines) is 1. The molecule has 3 aromatic heterocycles. The predicted octanol–water partition coefficient (Wildman–Crippen LogP) is 4.24. The van der Waals surface area contributed by atoms with Gasteiger partial charge in [-0.05, 0) is 66.9 Å². The topological polar surface area (TPSA) is 123 Å². The Bertz CT molecular complexity index is 1880. The maximum Gasteiger partial charge on any atom is 0.248 e. The van der Waals surface area contributed by atoms with E-state index in [-0.39, 0.29) is 34.6 Å². The van der Waals surface area contributed by atoms with E-state index in [1.54, 1.807) is 25.1 Å². The summed E-state index contributed by atoms with van der Waals surface area (Å²) in [5.41, 5.74) is 1.08. The maximum absolute atomic E-state index is 15.9. The first kappa shape index (κ1) is 27.7. The van der Waals surface area contributed by atoms with Crippen molar-refractivity contribution in [1.82, 2.24) is 29.6 Å².